The average Bonchev–Trinajstić information content (AvgIpc) is 2.75. The number of nitrogens with zero attached hydrogens (tertiary/aromatic N) is 3. The van der Waals surface area contributed by atoms with Gasteiger partial charge in [0.15, 0.2) is 0 Å². The number of carbonyl (C=O) groups excluding carboxylic acids is 1. The maximum Gasteiger partial charge on any atom is 0.270 e. The van der Waals surface area contributed by atoms with Crippen molar-refractivity contribution in [3.8, 4) is 0 Å². The molecular formula is C21H25N5O4. The Labute approximate surface area is 174 Å². The zero-order valence-corrected chi connectivity index (χ0v) is 17.1. The third-order valence-corrected chi connectivity index (χ3v) is 4.80. The van der Waals surface area contributed by atoms with Crippen LogP contribution in [0.2, 0.25) is 0 Å². The van der Waals surface area contributed by atoms with Gasteiger partial charge in [-0.1, -0.05) is 12.1 Å². The molecule has 2 aromatic carbocycles. The van der Waals surface area contributed by atoms with Crippen LogP contribution in [-0.2, 0) is 9.53 Å². The summed E-state index contributed by atoms with van der Waals surface area (Å²) in [5.41, 5.74) is 6.85. The Hall–Kier alpha value is -3.46. The van der Waals surface area contributed by atoms with Crippen LogP contribution in [0.4, 0.5) is 17.1 Å². The first-order valence-electron chi connectivity index (χ1n) is 9.68. The van der Waals surface area contributed by atoms with Crippen molar-refractivity contribution in [2.45, 2.75) is 13.8 Å². The van der Waals surface area contributed by atoms with Crippen molar-refractivity contribution in [2.75, 3.05) is 43.1 Å². The lowest BCUT2D eigenvalue weighted by atomic mass is 10.1. The molecule has 1 aliphatic rings. The summed E-state index contributed by atoms with van der Waals surface area (Å²) in [6, 6.07) is 10.6. The molecule has 2 aromatic rings. The third-order valence-electron chi connectivity index (χ3n) is 4.80. The molecule has 1 aliphatic heterocycles. The molecule has 158 valence electrons. The maximum atomic E-state index is 12.1. The molecular weight excluding hydrogens is 386 g/mol. The third kappa shape index (κ3) is 5.54. The van der Waals surface area contributed by atoms with Gasteiger partial charge in [-0.15, -0.1) is 0 Å². The summed E-state index contributed by atoms with van der Waals surface area (Å²) in [6.07, 6.45) is 1.44. The summed E-state index contributed by atoms with van der Waals surface area (Å²) < 4.78 is 5.37. The number of anilines is 2. The summed E-state index contributed by atoms with van der Waals surface area (Å²) in [6.45, 7) is 6.57. The van der Waals surface area contributed by atoms with Crippen molar-refractivity contribution in [3.63, 3.8) is 0 Å². The molecule has 0 bridgehead atoms. The van der Waals surface area contributed by atoms with E-state index in [0.29, 0.717) is 31.9 Å². The van der Waals surface area contributed by atoms with E-state index in [1.165, 1.54) is 18.3 Å². The number of nitro benzene ring substituents is 1. The van der Waals surface area contributed by atoms with Gasteiger partial charge in [-0.2, -0.15) is 5.10 Å². The number of benzene rings is 2. The van der Waals surface area contributed by atoms with Crippen molar-refractivity contribution in [1.29, 1.82) is 0 Å². The molecule has 0 radical (unpaired) electrons. The van der Waals surface area contributed by atoms with E-state index in [1.807, 2.05) is 32.0 Å². The van der Waals surface area contributed by atoms with Crippen LogP contribution in [0.1, 0.15) is 16.7 Å². The summed E-state index contributed by atoms with van der Waals surface area (Å²) in [7, 11) is 0. The van der Waals surface area contributed by atoms with E-state index in [9.17, 15) is 14.9 Å². The molecule has 9 nitrogen and oxygen atoms in total. The number of hydrazone groups is 1. The number of nitrogens with one attached hydrogen (secondary N) is 2. The first kappa shape index (κ1) is 21.3. The van der Waals surface area contributed by atoms with Gasteiger partial charge in [0, 0.05) is 42.2 Å². The normalized spacial score (nSPS) is 14.0. The van der Waals surface area contributed by atoms with E-state index in [-0.39, 0.29) is 18.1 Å². The summed E-state index contributed by atoms with van der Waals surface area (Å²) >= 11 is 0. The van der Waals surface area contributed by atoms with Crippen LogP contribution in [0.3, 0.4) is 0 Å². The van der Waals surface area contributed by atoms with E-state index in [1.54, 1.807) is 6.07 Å². The maximum absolute atomic E-state index is 12.1. The highest BCUT2D eigenvalue weighted by Crippen LogP contribution is 2.25. The number of aryl methyl sites for hydroxylation is 2. The average molecular weight is 411 g/mol. The summed E-state index contributed by atoms with van der Waals surface area (Å²) in [5, 5.41) is 18.2. The zero-order valence-electron chi connectivity index (χ0n) is 17.1. The first-order chi connectivity index (χ1) is 14.4. The number of ether oxygens (including phenoxy) is 1. The van der Waals surface area contributed by atoms with Gasteiger partial charge in [-0.25, -0.2) is 5.43 Å². The van der Waals surface area contributed by atoms with E-state index in [0.717, 1.165) is 22.5 Å². The molecule has 0 aliphatic carbocycles. The van der Waals surface area contributed by atoms with Gasteiger partial charge in [0.2, 0.25) is 0 Å². The minimum Gasteiger partial charge on any atom is -0.378 e. The Morgan fingerprint density at radius 1 is 1.23 bits per heavy atom. The molecule has 1 amide bonds. The predicted molar refractivity (Wildman–Crippen MR) is 116 cm³/mol. The highest BCUT2D eigenvalue weighted by molar-refractivity contribution is 5.90. The molecule has 1 heterocycles. The second-order valence-electron chi connectivity index (χ2n) is 7.06. The molecule has 1 fully saturated rings. The quantitative estimate of drug-likeness (QED) is 0.412. The van der Waals surface area contributed by atoms with Gasteiger partial charge >= 0.3 is 0 Å². The predicted octanol–water partition coefficient (Wildman–Crippen LogP) is 2.61. The Balaban J connectivity index is 1.66. The van der Waals surface area contributed by atoms with Crippen LogP contribution in [0.25, 0.3) is 0 Å². The number of non-ortho nitro benzene ring substituents is 1. The van der Waals surface area contributed by atoms with Gasteiger partial charge in [-0.05, 0) is 37.1 Å². The van der Waals surface area contributed by atoms with Gasteiger partial charge in [0.25, 0.3) is 11.6 Å². The highest BCUT2D eigenvalue weighted by Gasteiger charge is 2.17. The fourth-order valence-corrected chi connectivity index (χ4v) is 3.17. The zero-order chi connectivity index (χ0) is 21.5. The van der Waals surface area contributed by atoms with E-state index in [4.69, 9.17) is 4.74 Å². The second kappa shape index (κ2) is 9.84. The lowest BCUT2D eigenvalue weighted by molar-refractivity contribution is -0.384. The van der Waals surface area contributed by atoms with Crippen LogP contribution >= 0.6 is 0 Å². The number of morpholine rings is 1. The number of hydrogen-bond acceptors (Lipinski definition) is 7. The van der Waals surface area contributed by atoms with E-state index in [2.05, 4.69) is 20.7 Å². The van der Waals surface area contributed by atoms with Crippen LogP contribution in [-0.4, -0.2) is 49.9 Å². The van der Waals surface area contributed by atoms with Crippen molar-refractivity contribution in [3.05, 3.63) is 63.2 Å². The molecule has 0 saturated carbocycles. The minimum absolute atomic E-state index is 0.0311. The Morgan fingerprint density at radius 3 is 2.73 bits per heavy atom. The SMILES string of the molecule is Cc1ccc(C)c(NCC(=O)N/N=C/c2cc([N+](=O)[O-])ccc2N2CCOCC2)c1. The molecule has 0 unspecified atom stereocenters. The van der Waals surface area contributed by atoms with Gasteiger partial charge < -0.3 is 15.0 Å². The number of hydrogen-bond donors (Lipinski definition) is 2. The standard InChI is InChI=1S/C21H25N5O4/c1-15-3-4-16(2)19(11-15)22-14-21(27)24-23-13-17-12-18(26(28)29)5-6-20(17)25-7-9-30-10-8-25/h3-6,11-13,22H,7-10,14H2,1-2H3,(H,24,27)/b23-13+. The Bertz CT molecular complexity index is 954. The van der Waals surface area contributed by atoms with E-state index >= 15 is 0 Å². The Morgan fingerprint density at radius 2 is 2.00 bits per heavy atom. The first-order valence-corrected chi connectivity index (χ1v) is 9.68. The largest absolute Gasteiger partial charge is 0.378 e. The van der Waals surface area contributed by atoms with Crippen LogP contribution < -0.4 is 15.6 Å². The van der Waals surface area contributed by atoms with Crippen LogP contribution in [0.15, 0.2) is 41.5 Å². The highest BCUT2D eigenvalue weighted by atomic mass is 16.6. The molecule has 0 atom stereocenters. The van der Waals surface area contributed by atoms with E-state index < -0.39 is 4.92 Å². The molecule has 0 spiro atoms. The van der Waals surface area contributed by atoms with Crippen molar-refractivity contribution >= 4 is 29.2 Å². The Kier molecular flexibility index (Phi) is 6.97. The molecule has 2 N–H and O–H groups in total. The molecule has 9 heteroatoms. The molecule has 3 rings (SSSR count). The summed E-state index contributed by atoms with van der Waals surface area (Å²) in [5.74, 6) is -0.314. The van der Waals surface area contributed by atoms with Crippen molar-refractivity contribution < 1.29 is 14.5 Å². The van der Waals surface area contributed by atoms with Gasteiger partial charge in [0.1, 0.15) is 0 Å². The molecule has 1 saturated heterocycles. The number of nitro groups is 1. The van der Waals surface area contributed by atoms with Gasteiger partial charge in [-0.3, -0.25) is 14.9 Å². The molecule has 0 aromatic heterocycles. The number of carbonyl (C=O) groups is 1. The smallest absolute Gasteiger partial charge is 0.270 e. The fraction of sp³-hybridized carbons (Fsp3) is 0.333. The second-order valence-corrected chi connectivity index (χ2v) is 7.06. The van der Waals surface area contributed by atoms with Crippen LogP contribution in [0.5, 0.6) is 0 Å². The topological polar surface area (TPSA) is 109 Å². The number of amides is 1. The number of rotatable bonds is 7. The monoisotopic (exact) mass is 411 g/mol. The van der Waals surface area contributed by atoms with Gasteiger partial charge in [0.05, 0.1) is 30.9 Å². The van der Waals surface area contributed by atoms with Crippen LogP contribution in [0, 0.1) is 24.0 Å². The lowest BCUT2D eigenvalue weighted by Gasteiger charge is -2.29. The van der Waals surface area contributed by atoms with Crippen molar-refractivity contribution in [1.82, 2.24) is 5.43 Å². The minimum atomic E-state index is -0.451. The molecule has 30 heavy (non-hydrogen) atoms. The lowest BCUT2D eigenvalue weighted by Crippen LogP contribution is -2.36. The summed E-state index contributed by atoms with van der Waals surface area (Å²) in [4.78, 5) is 24.9. The fourth-order valence-electron chi connectivity index (χ4n) is 3.17. The van der Waals surface area contributed by atoms with Crippen molar-refractivity contribution in [2.24, 2.45) is 5.10 Å².